The summed E-state index contributed by atoms with van der Waals surface area (Å²) >= 11 is 5.89. The molecule has 0 aliphatic heterocycles. The van der Waals surface area contributed by atoms with Crippen LogP contribution in [0, 0.1) is 0 Å². The van der Waals surface area contributed by atoms with E-state index < -0.39 is 12.6 Å². The van der Waals surface area contributed by atoms with Crippen molar-refractivity contribution in [2.75, 3.05) is 13.7 Å². The molecule has 0 aliphatic rings. The van der Waals surface area contributed by atoms with Gasteiger partial charge in [-0.3, -0.25) is 0 Å². The van der Waals surface area contributed by atoms with Crippen molar-refractivity contribution in [1.29, 1.82) is 0 Å². The van der Waals surface area contributed by atoms with Crippen LogP contribution in [0.1, 0.15) is 18.4 Å². The number of hydrogen-bond donors (Lipinski definition) is 1. The third kappa shape index (κ3) is 5.55. The van der Waals surface area contributed by atoms with Crippen LogP contribution >= 0.6 is 11.6 Å². The lowest BCUT2D eigenvalue weighted by molar-refractivity contribution is -0.136. The molecule has 1 aromatic heterocycles. The Morgan fingerprint density at radius 2 is 2.17 bits per heavy atom. The highest BCUT2D eigenvalue weighted by Crippen LogP contribution is 2.22. The number of pyridine rings is 1. The molecule has 3 nitrogen and oxygen atoms in total. The molecule has 1 N–H and O–H groups in total. The molecule has 0 amide bonds. The van der Waals surface area contributed by atoms with Crippen molar-refractivity contribution < 1.29 is 17.9 Å². The molecular formula is C11H14ClF3N2O. The number of rotatable bonds is 6. The molecule has 0 saturated heterocycles. The van der Waals surface area contributed by atoms with E-state index in [-0.39, 0.29) is 18.9 Å². The van der Waals surface area contributed by atoms with E-state index in [2.05, 4.69) is 10.3 Å². The summed E-state index contributed by atoms with van der Waals surface area (Å²) in [6, 6.07) is 1.62. The van der Waals surface area contributed by atoms with Crippen LogP contribution in [0.3, 0.4) is 0 Å². The maximum Gasteiger partial charge on any atom is 0.389 e. The predicted molar refractivity (Wildman–Crippen MR) is 62.8 cm³/mol. The fourth-order valence-corrected chi connectivity index (χ4v) is 1.48. The van der Waals surface area contributed by atoms with Crippen molar-refractivity contribution >= 4 is 11.6 Å². The van der Waals surface area contributed by atoms with E-state index in [4.69, 9.17) is 16.3 Å². The van der Waals surface area contributed by atoms with Crippen LogP contribution in [0.25, 0.3) is 0 Å². The van der Waals surface area contributed by atoms with E-state index in [1.165, 1.54) is 6.20 Å². The third-order valence-corrected chi connectivity index (χ3v) is 2.47. The van der Waals surface area contributed by atoms with Crippen LogP contribution in [0.2, 0.25) is 5.02 Å². The van der Waals surface area contributed by atoms with Gasteiger partial charge in [0.05, 0.1) is 11.6 Å². The van der Waals surface area contributed by atoms with E-state index in [0.717, 1.165) is 5.56 Å². The molecule has 18 heavy (non-hydrogen) atoms. The van der Waals surface area contributed by atoms with Crippen LogP contribution in [0.5, 0.6) is 5.88 Å². The maximum absolute atomic E-state index is 11.9. The van der Waals surface area contributed by atoms with Crippen molar-refractivity contribution in [1.82, 2.24) is 10.3 Å². The number of aromatic nitrogens is 1. The molecule has 1 heterocycles. The molecule has 1 aromatic rings. The van der Waals surface area contributed by atoms with Crippen LogP contribution in [0.4, 0.5) is 13.2 Å². The Morgan fingerprint density at radius 3 is 2.78 bits per heavy atom. The summed E-state index contributed by atoms with van der Waals surface area (Å²) in [5, 5.41) is 3.42. The normalized spacial score (nSPS) is 11.6. The molecule has 1 rings (SSSR count). The standard InChI is InChI=1S/C11H14ClF3N2O/c1-16-6-8-5-10(17-7-9(8)12)18-4-2-3-11(13,14)15/h5,7,16H,2-4,6H2,1H3. The second kappa shape index (κ2) is 6.80. The molecule has 102 valence electrons. The van der Waals surface area contributed by atoms with Gasteiger partial charge in [0.25, 0.3) is 0 Å². The summed E-state index contributed by atoms with van der Waals surface area (Å²) in [5.41, 5.74) is 0.792. The molecule has 0 spiro atoms. The largest absolute Gasteiger partial charge is 0.478 e. The van der Waals surface area contributed by atoms with Gasteiger partial charge in [0.2, 0.25) is 5.88 Å². The highest BCUT2D eigenvalue weighted by atomic mass is 35.5. The third-order valence-electron chi connectivity index (χ3n) is 2.13. The Balaban J connectivity index is 2.45. The number of alkyl halides is 3. The van der Waals surface area contributed by atoms with Gasteiger partial charge < -0.3 is 10.1 Å². The smallest absolute Gasteiger partial charge is 0.389 e. The topological polar surface area (TPSA) is 34.1 Å². The molecule has 0 radical (unpaired) electrons. The molecule has 0 aliphatic carbocycles. The molecule has 0 bridgehead atoms. The zero-order chi connectivity index (χ0) is 13.6. The van der Waals surface area contributed by atoms with Gasteiger partial charge in [0.1, 0.15) is 0 Å². The second-order valence-electron chi connectivity index (χ2n) is 3.71. The fraction of sp³-hybridized carbons (Fsp3) is 0.545. The van der Waals surface area contributed by atoms with Crippen molar-refractivity contribution in [2.24, 2.45) is 0 Å². The lowest BCUT2D eigenvalue weighted by Crippen LogP contribution is -2.10. The minimum atomic E-state index is -4.14. The number of halogens is 4. The van der Waals surface area contributed by atoms with Crippen LogP contribution in [0.15, 0.2) is 12.3 Å². The van der Waals surface area contributed by atoms with Crippen LogP contribution < -0.4 is 10.1 Å². The van der Waals surface area contributed by atoms with Crippen molar-refractivity contribution in [2.45, 2.75) is 25.6 Å². The lowest BCUT2D eigenvalue weighted by Gasteiger charge is -2.09. The summed E-state index contributed by atoms with van der Waals surface area (Å²) in [7, 11) is 1.76. The first kappa shape index (κ1) is 15.0. The minimum Gasteiger partial charge on any atom is -0.478 e. The Kier molecular flexibility index (Phi) is 5.68. The van der Waals surface area contributed by atoms with Gasteiger partial charge in [-0.1, -0.05) is 11.6 Å². The Morgan fingerprint density at radius 1 is 1.44 bits per heavy atom. The molecule has 0 aromatic carbocycles. The summed E-state index contributed by atoms with van der Waals surface area (Å²) in [4.78, 5) is 3.89. The van der Waals surface area contributed by atoms with Gasteiger partial charge in [-0.2, -0.15) is 13.2 Å². The molecule has 0 saturated carbocycles. The first-order valence-electron chi connectivity index (χ1n) is 5.41. The molecule has 7 heteroatoms. The Hall–Kier alpha value is -1.01. The zero-order valence-electron chi connectivity index (χ0n) is 9.85. The maximum atomic E-state index is 11.9. The lowest BCUT2D eigenvalue weighted by atomic mass is 10.2. The van der Waals surface area contributed by atoms with Gasteiger partial charge in [-0.15, -0.1) is 0 Å². The fourth-order valence-electron chi connectivity index (χ4n) is 1.31. The Labute approximate surface area is 108 Å². The average molecular weight is 283 g/mol. The van der Waals surface area contributed by atoms with E-state index in [1.54, 1.807) is 13.1 Å². The minimum absolute atomic E-state index is 0.0207. The van der Waals surface area contributed by atoms with Gasteiger partial charge >= 0.3 is 6.18 Å². The molecule has 0 atom stereocenters. The molecule has 0 fully saturated rings. The summed E-state index contributed by atoms with van der Waals surface area (Å²) in [6.07, 6.45) is -3.67. The quantitative estimate of drug-likeness (QED) is 0.814. The summed E-state index contributed by atoms with van der Waals surface area (Å²) in [6.45, 7) is 0.521. The van der Waals surface area contributed by atoms with Gasteiger partial charge in [0.15, 0.2) is 0 Å². The zero-order valence-corrected chi connectivity index (χ0v) is 10.6. The van der Waals surface area contributed by atoms with Crippen molar-refractivity contribution in [3.05, 3.63) is 22.8 Å². The summed E-state index contributed by atoms with van der Waals surface area (Å²) < 4.78 is 40.9. The van der Waals surface area contributed by atoms with Gasteiger partial charge in [-0.05, 0) is 19.0 Å². The van der Waals surface area contributed by atoms with E-state index in [1.807, 2.05) is 0 Å². The monoisotopic (exact) mass is 282 g/mol. The van der Waals surface area contributed by atoms with Crippen molar-refractivity contribution in [3.8, 4) is 5.88 Å². The molecular weight excluding hydrogens is 269 g/mol. The predicted octanol–water partition coefficient (Wildman–Crippen LogP) is 3.18. The molecule has 0 unspecified atom stereocenters. The van der Waals surface area contributed by atoms with Crippen LogP contribution in [-0.2, 0) is 6.54 Å². The average Bonchev–Trinajstić information content (AvgIpc) is 2.28. The number of nitrogens with zero attached hydrogens (tertiary/aromatic N) is 1. The van der Waals surface area contributed by atoms with Crippen LogP contribution in [-0.4, -0.2) is 24.8 Å². The van der Waals surface area contributed by atoms with Gasteiger partial charge in [0, 0.05) is 25.2 Å². The first-order chi connectivity index (χ1) is 8.42. The second-order valence-corrected chi connectivity index (χ2v) is 4.12. The van der Waals surface area contributed by atoms with Gasteiger partial charge in [-0.25, -0.2) is 4.98 Å². The summed E-state index contributed by atoms with van der Waals surface area (Å²) in [5.74, 6) is 0.284. The van der Waals surface area contributed by atoms with Crippen molar-refractivity contribution in [3.63, 3.8) is 0 Å². The van der Waals surface area contributed by atoms with E-state index >= 15 is 0 Å². The Bertz CT molecular complexity index is 385. The number of nitrogens with one attached hydrogen (secondary N) is 1. The number of ether oxygens (including phenoxy) is 1. The highest BCUT2D eigenvalue weighted by Gasteiger charge is 2.26. The first-order valence-corrected chi connectivity index (χ1v) is 5.79. The SMILES string of the molecule is CNCc1cc(OCCCC(F)(F)F)ncc1Cl. The number of hydrogen-bond acceptors (Lipinski definition) is 3. The van der Waals surface area contributed by atoms with E-state index in [0.29, 0.717) is 11.6 Å². The van der Waals surface area contributed by atoms with E-state index in [9.17, 15) is 13.2 Å². The highest BCUT2D eigenvalue weighted by molar-refractivity contribution is 6.31.